The van der Waals surface area contributed by atoms with E-state index in [4.69, 9.17) is 5.73 Å². The summed E-state index contributed by atoms with van der Waals surface area (Å²) in [4.78, 5) is 11.1. The van der Waals surface area contributed by atoms with E-state index in [9.17, 15) is 4.79 Å². The molecule has 2 nitrogen and oxygen atoms in total. The molecule has 0 aliphatic carbocycles. The van der Waals surface area contributed by atoms with Crippen molar-refractivity contribution in [2.75, 3.05) is 0 Å². The molecule has 84 valence electrons. The second-order valence-electron chi connectivity index (χ2n) is 4.14. The topological polar surface area (TPSA) is 43.1 Å². The van der Waals surface area contributed by atoms with Crippen LogP contribution in [0.5, 0.6) is 0 Å². The van der Waals surface area contributed by atoms with Gasteiger partial charge in [-0.05, 0) is 0 Å². The molecule has 3 heteroatoms. The fourth-order valence-electron chi connectivity index (χ4n) is 2.33. The van der Waals surface area contributed by atoms with Crippen molar-refractivity contribution in [3.63, 3.8) is 0 Å². The molecule has 0 aliphatic rings. The maximum atomic E-state index is 11.1. The van der Waals surface area contributed by atoms with E-state index >= 15 is 0 Å². The summed E-state index contributed by atoms with van der Waals surface area (Å²) in [5.41, 5.74) is 5.37. The average Bonchev–Trinajstić information content (AvgIpc) is 2.03. The van der Waals surface area contributed by atoms with E-state index in [1.807, 2.05) is 0 Å². The van der Waals surface area contributed by atoms with Crippen LogP contribution in [0.4, 0.5) is 0 Å². The summed E-state index contributed by atoms with van der Waals surface area (Å²) in [5.74, 6) is -0.0622. The van der Waals surface area contributed by atoms with Gasteiger partial charge in [-0.1, -0.05) is 0 Å². The molecule has 0 rings (SSSR count). The van der Waals surface area contributed by atoms with Gasteiger partial charge < -0.3 is 0 Å². The van der Waals surface area contributed by atoms with Crippen LogP contribution in [0.25, 0.3) is 0 Å². The van der Waals surface area contributed by atoms with Crippen molar-refractivity contribution in [1.82, 2.24) is 0 Å². The molecule has 0 heterocycles. The molecule has 0 aromatic carbocycles. The Hall–Kier alpha value is 0.0284. The van der Waals surface area contributed by atoms with Gasteiger partial charge in [0.15, 0.2) is 0 Å². The molecule has 0 aromatic heterocycles. The van der Waals surface area contributed by atoms with Gasteiger partial charge in [0.25, 0.3) is 0 Å². The van der Waals surface area contributed by atoms with E-state index in [2.05, 4.69) is 20.8 Å². The molecule has 0 spiro atoms. The number of nitrogens with two attached hydrogens (primary N) is 1. The third-order valence-electron chi connectivity index (χ3n) is 2.59. The molecule has 0 fully saturated rings. The van der Waals surface area contributed by atoms with E-state index < -0.39 is 13.6 Å². The van der Waals surface area contributed by atoms with Crippen molar-refractivity contribution in [3.8, 4) is 0 Å². The monoisotopic (exact) mass is 262 g/mol. The van der Waals surface area contributed by atoms with Gasteiger partial charge in [0.1, 0.15) is 0 Å². The van der Waals surface area contributed by atoms with Crippen LogP contribution in [0.1, 0.15) is 40.0 Å². The molecule has 2 N–H and O–H groups in total. The van der Waals surface area contributed by atoms with Gasteiger partial charge in [0.05, 0.1) is 0 Å². The van der Waals surface area contributed by atoms with E-state index in [0.717, 1.165) is 5.21 Å². The predicted octanol–water partition coefficient (Wildman–Crippen LogP) is 3.15. The van der Waals surface area contributed by atoms with Crippen LogP contribution in [0.15, 0.2) is 0 Å². The summed E-state index contributed by atoms with van der Waals surface area (Å²) in [6.45, 7) is 6.67. The molecule has 14 heavy (non-hydrogen) atoms. The first-order valence-electron chi connectivity index (χ1n) is 5.73. The van der Waals surface area contributed by atoms with Crippen LogP contribution in [0.3, 0.4) is 0 Å². The van der Waals surface area contributed by atoms with Crippen LogP contribution in [-0.2, 0) is 4.79 Å². The Labute approximate surface area is 91.1 Å². The molecular formula is C11H25AsNO+. The zero-order chi connectivity index (χ0) is 11.0. The van der Waals surface area contributed by atoms with E-state index in [0.29, 0.717) is 0 Å². The fraction of sp³-hybridized carbons (Fsp3) is 0.909. The maximum absolute atomic E-state index is 11.1. The number of hydrogen-bond donors (Lipinski definition) is 1. The van der Waals surface area contributed by atoms with Crippen molar-refractivity contribution >= 4 is 19.5 Å². The number of rotatable bonds is 8. The Bertz CT molecular complexity index is 154. The molecule has 0 atom stereocenters. The second-order valence-corrected chi connectivity index (χ2v) is 13.2. The molecular weight excluding hydrogens is 237 g/mol. The standard InChI is InChI=1S/C11H24AsNO/c1-4-7-12(8-5-2,9-6-3)10-11(13)14/h4-10H2,1-3H3,(H-,13,14)/p+1. The minimum atomic E-state index is -1.70. The summed E-state index contributed by atoms with van der Waals surface area (Å²) < 4.78 is 0. The average molecular weight is 262 g/mol. The zero-order valence-electron chi connectivity index (χ0n) is 9.88. The van der Waals surface area contributed by atoms with Crippen molar-refractivity contribution in [1.29, 1.82) is 0 Å². The first kappa shape index (κ1) is 14.0. The molecule has 0 aromatic rings. The number of carbonyl (C=O) groups excluding carboxylic acids is 1. The van der Waals surface area contributed by atoms with Gasteiger partial charge in [-0.25, -0.2) is 0 Å². The van der Waals surface area contributed by atoms with Crippen LogP contribution in [-0.4, -0.2) is 19.5 Å². The third kappa shape index (κ3) is 5.05. The quantitative estimate of drug-likeness (QED) is 0.671. The molecule has 0 saturated heterocycles. The molecule has 1 amide bonds. The van der Waals surface area contributed by atoms with Crippen LogP contribution < -0.4 is 5.73 Å². The third-order valence-corrected chi connectivity index (χ3v) is 13.4. The Morgan fingerprint density at radius 2 is 1.36 bits per heavy atom. The van der Waals surface area contributed by atoms with Crippen molar-refractivity contribution < 1.29 is 4.79 Å². The molecule has 0 unspecified atom stereocenters. The van der Waals surface area contributed by atoms with E-state index in [1.165, 1.54) is 34.9 Å². The summed E-state index contributed by atoms with van der Waals surface area (Å²) >= 11 is -1.70. The van der Waals surface area contributed by atoms with Crippen molar-refractivity contribution in [2.45, 2.75) is 60.9 Å². The molecule has 0 bridgehead atoms. The summed E-state index contributed by atoms with van der Waals surface area (Å²) in [5, 5.41) is 4.67. The van der Waals surface area contributed by atoms with Crippen molar-refractivity contribution in [3.05, 3.63) is 0 Å². The normalized spacial score (nSPS) is 11.6. The van der Waals surface area contributed by atoms with Gasteiger partial charge in [-0.3, -0.25) is 0 Å². The second kappa shape index (κ2) is 7.34. The van der Waals surface area contributed by atoms with E-state index in [1.54, 1.807) is 0 Å². The SMILES string of the molecule is CCC[As+](CCC)(CCC)CC(N)=O. The Kier molecular flexibility index (Phi) is 7.35. The first-order valence-corrected chi connectivity index (χ1v) is 11.0. The van der Waals surface area contributed by atoms with Crippen LogP contribution in [0, 0.1) is 0 Å². The number of carbonyl (C=O) groups is 1. The Morgan fingerprint density at radius 3 is 1.57 bits per heavy atom. The minimum absolute atomic E-state index is 0.0622. The molecule has 0 radical (unpaired) electrons. The fourth-order valence-corrected chi connectivity index (χ4v) is 12.1. The van der Waals surface area contributed by atoms with Crippen LogP contribution >= 0.6 is 0 Å². The van der Waals surface area contributed by atoms with E-state index in [-0.39, 0.29) is 5.91 Å². The number of hydrogen-bond acceptors (Lipinski definition) is 1. The summed E-state index contributed by atoms with van der Waals surface area (Å²) in [6, 6.07) is 0. The predicted molar refractivity (Wildman–Crippen MR) is 65.0 cm³/mol. The van der Waals surface area contributed by atoms with Gasteiger partial charge >= 0.3 is 90.9 Å². The molecule has 0 saturated carbocycles. The van der Waals surface area contributed by atoms with Crippen LogP contribution in [0.2, 0.25) is 20.8 Å². The Morgan fingerprint density at radius 1 is 1.00 bits per heavy atom. The van der Waals surface area contributed by atoms with Gasteiger partial charge in [-0.2, -0.15) is 0 Å². The van der Waals surface area contributed by atoms with Gasteiger partial charge in [0, 0.05) is 0 Å². The Balaban J connectivity index is 4.45. The number of amides is 1. The summed E-state index contributed by atoms with van der Waals surface area (Å²) in [7, 11) is 0. The zero-order valence-corrected chi connectivity index (χ0v) is 11.8. The first-order chi connectivity index (χ1) is 6.60. The summed E-state index contributed by atoms with van der Waals surface area (Å²) in [6.07, 6.45) is 3.67. The van der Waals surface area contributed by atoms with Crippen molar-refractivity contribution in [2.24, 2.45) is 5.73 Å². The van der Waals surface area contributed by atoms with Gasteiger partial charge in [0.2, 0.25) is 0 Å². The van der Waals surface area contributed by atoms with Gasteiger partial charge in [-0.15, -0.1) is 0 Å². The number of primary amides is 1. The molecule has 0 aliphatic heterocycles.